The molecule has 0 aromatic heterocycles. The molecule has 2 aliphatic rings. The lowest BCUT2D eigenvalue weighted by molar-refractivity contribution is -0.0152. The molecular weight excluding hydrogens is 224 g/mol. The Morgan fingerprint density at radius 1 is 1.22 bits per heavy atom. The van der Waals surface area contributed by atoms with E-state index in [0.717, 1.165) is 26.3 Å². The van der Waals surface area contributed by atoms with E-state index >= 15 is 0 Å². The fourth-order valence-electron chi connectivity index (χ4n) is 3.11. The summed E-state index contributed by atoms with van der Waals surface area (Å²) in [6.07, 6.45) is 8.79. The van der Waals surface area contributed by atoms with E-state index in [1.54, 1.807) is 0 Å². The van der Waals surface area contributed by atoms with Gasteiger partial charge >= 0.3 is 0 Å². The molecule has 0 bridgehead atoms. The maximum atomic E-state index is 6.58. The second kappa shape index (κ2) is 6.18. The quantitative estimate of drug-likeness (QED) is 0.783. The van der Waals surface area contributed by atoms with Crippen molar-refractivity contribution in [3.05, 3.63) is 11.6 Å². The third-order valence-electron chi connectivity index (χ3n) is 4.56. The van der Waals surface area contributed by atoms with Gasteiger partial charge in [-0.1, -0.05) is 18.1 Å². The highest BCUT2D eigenvalue weighted by Gasteiger charge is 2.35. The van der Waals surface area contributed by atoms with Crippen molar-refractivity contribution in [2.24, 2.45) is 5.73 Å². The van der Waals surface area contributed by atoms with E-state index in [1.165, 1.54) is 37.7 Å². The van der Waals surface area contributed by atoms with E-state index in [0.29, 0.717) is 0 Å². The standard InChI is InChI=1S/C15H28N2O/c1-15(2,17-9-11-18-12-10-17)14(16)13-7-5-3-4-6-8-13/h7,14H,3-6,8-12,16H2,1-2H3. The highest BCUT2D eigenvalue weighted by atomic mass is 16.5. The topological polar surface area (TPSA) is 38.5 Å². The Bertz CT molecular complexity index is 293. The molecule has 1 aliphatic carbocycles. The third kappa shape index (κ3) is 3.14. The van der Waals surface area contributed by atoms with E-state index in [4.69, 9.17) is 10.5 Å². The van der Waals surface area contributed by atoms with Crippen LogP contribution >= 0.6 is 0 Å². The SMILES string of the molecule is CC(C)(C(N)C1=CCCCCC1)N1CCOCC1. The first-order valence-electron chi connectivity index (χ1n) is 7.39. The van der Waals surface area contributed by atoms with Crippen molar-refractivity contribution < 1.29 is 4.74 Å². The summed E-state index contributed by atoms with van der Waals surface area (Å²) in [5.74, 6) is 0. The second-order valence-electron chi connectivity index (χ2n) is 6.11. The molecule has 18 heavy (non-hydrogen) atoms. The zero-order valence-electron chi connectivity index (χ0n) is 12.0. The van der Waals surface area contributed by atoms with Crippen molar-refractivity contribution in [3.8, 4) is 0 Å². The molecule has 2 N–H and O–H groups in total. The van der Waals surface area contributed by atoms with E-state index < -0.39 is 0 Å². The lowest BCUT2D eigenvalue weighted by Crippen LogP contribution is -2.59. The first-order chi connectivity index (χ1) is 8.62. The monoisotopic (exact) mass is 252 g/mol. The van der Waals surface area contributed by atoms with Crippen LogP contribution in [0.3, 0.4) is 0 Å². The first kappa shape index (κ1) is 14.0. The van der Waals surface area contributed by atoms with Gasteiger partial charge in [-0.3, -0.25) is 4.90 Å². The summed E-state index contributed by atoms with van der Waals surface area (Å²) in [7, 11) is 0. The second-order valence-corrected chi connectivity index (χ2v) is 6.11. The van der Waals surface area contributed by atoms with Crippen LogP contribution in [0.5, 0.6) is 0 Å². The molecular formula is C15H28N2O. The van der Waals surface area contributed by atoms with Crippen molar-refractivity contribution in [2.45, 2.75) is 57.5 Å². The number of rotatable bonds is 3. The molecule has 3 heteroatoms. The average Bonchev–Trinajstić information content (AvgIpc) is 2.67. The lowest BCUT2D eigenvalue weighted by atomic mass is 9.85. The Morgan fingerprint density at radius 2 is 1.94 bits per heavy atom. The van der Waals surface area contributed by atoms with Gasteiger partial charge < -0.3 is 10.5 Å². The third-order valence-corrected chi connectivity index (χ3v) is 4.56. The molecule has 0 radical (unpaired) electrons. The van der Waals surface area contributed by atoms with Gasteiger partial charge in [0.05, 0.1) is 13.2 Å². The van der Waals surface area contributed by atoms with E-state index in [9.17, 15) is 0 Å². The fraction of sp³-hybridized carbons (Fsp3) is 0.867. The van der Waals surface area contributed by atoms with Crippen molar-refractivity contribution in [1.82, 2.24) is 4.90 Å². The Balaban J connectivity index is 2.04. The molecule has 0 aromatic carbocycles. The fourth-order valence-corrected chi connectivity index (χ4v) is 3.11. The average molecular weight is 252 g/mol. The van der Waals surface area contributed by atoms with Gasteiger partial charge in [-0.15, -0.1) is 0 Å². The molecule has 1 heterocycles. The molecule has 1 saturated heterocycles. The zero-order valence-corrected chi connectivity index (χ0v) is 12.0. The Hall–Kier alpha value is -0.380. The Labute approximate surface area is 111 Å². The number of ether oxygens (including phenoxy) is 1. The van der Waals surface area contributed by atoms with E-state index in [-0.39, 0.29) is 11.6 Å². The molecule has 2 rings (SSSR count). The number of hydrogen-bond acceptors (Lipinski definition) is 3. The van der Waals surface area contributed by atoms with Crippen LogP contribution in [-0.2, 0) is 4.74 Å². The summed E-state index contributed by atoms with van der Waals surface area (Å²) in [5.41, 5.74) is 8.09. The van der Waals surface area contributed by atoms with Gasteiger partial charge in [0.1, 0.15) is 0 Å². The van der Waals surface area contributed by atoms with Crippen LogP contribution in [0.1, 0.15) is 46.0 Å². The Morgan fingerprint density at radius 3 is 2.67 bits per heavy atom. The smallest absolute Gasteiger partial charge is 0.0594 e. The summed E-state index contributed by atoms with van der Waals surface area (Å²) in [6.45, 7) is 8.27. The molecule has 0 spiro atoms. The zero-order chi connectivity index (χ0) is 13.0. The molecule has 0 aromatic rings. The van der Waals surface area contributed by atoms with Gasteiger partial charge in [0.25, 0.3) is 0 Å². The van der Waals surface area contributed by atoms with Gasteiger partial charge in [-0.25, -0.2) is 0 Å². The number of nitrogens with zero attached hydrogens (tertiary/aromatic N) is 1. The van der Waals surface area contributed by atoms with Crippen molar-refractivity contribution in [1.29, 1.82) is 0 Å². The van der Waals surface area contributed by atoms with Crippen molar-refractivity contribution in [3.63, 3.8) is 0 Å². The molecule has 104 valence electrons. The van der Waals surface area contributed by atoms with Gasteiger partial charge in [-0.2, -0.15) is 0 Å². The van der Waals surface area contributed by atoms with Crippen LogP contribution in [0.25, 0.3) is 0 Å². The lowest BCUT2D eigenvalue weighted by Gasteiger charge is -2.45. The predicted octanol–water partition coefficient (Wildman–Crippen LogP) is 2.32. The van der Waals surface area contributed by atoms with Crippen LogP contribution in [-0.4, -0.2) is 42.8 Å². The summed E-state index contributed by atoms with van der Waals surface area (Å²) in [4.78, 5) is 2.49. The van der Waals surface area contributed by atoms with Gasteiger partial charge in [0.15, 0.2) is 0 Å². The number of morpholine rings is 1. The molecule has 1 unspecified atom stereocenters. The van der Waals surface area contributed by atoms with Crippen LogP contribution in [0.2, 0.25) is 0 Å². The van der Waals surface area contributed by atoms with Gasteiger partial charge in [0, 0.05) is 24.7 Å². The number of allylic oxidation sites excluding steroid dienone is 1. The van der Waals surface area contributed by atoms with E-state index in [1.807, 2.05) is 0 Å². The molecule has 0 saturated carbocycles. The van der Waals surface area contributed by atoms with Gasteiger partial charge in [0.2, 0.25) is 0 Å². The normalized spacial score (nSPS) is 25.4. The molecule has 1 aliphatic heterocycles. The molecule has 3 nitrogen and oxygen atoms in total. The number of nitrogens with two attached hydrogens (primary N) is 1. The number of hydrogen-bond donors (Lipinski definition) is 1. The highest BCUT2D eigenvalue weighted by molar-refractivity contribution is 5.18. The summed E-state index contributed by atoms with van der Waals surface area (Å²) >= 11 is 0. The van der Waals surface area contributed by atoms with Crippen LogP contribution < -0.4 is 5.73 Å². The highest BCUT2D eigenvalue weighted by Crippen LogP contribution is 2.28. The first-order valence-corrected chi connectivity index (χ1v) is 7.39. The maximum absolute atomic E-state index is 6.58. The van der Waals surface area contributed by atoms with Crippen LogP contribution in [0.4, 0.5) is 0 Å². The van der Waals surface area contributed by atoms with E-state index in [2.05, 4.69) is 24.8 Å². The van der Waals surface area contributed by atoms with Crippen molar-refractivity contribution >= 4 is 0 Å². The predicted molar refractivity (Wildman–Crippen MR) is 75.6 cm³/mol. The van der Waals surface area contributed by atoms with Crippen LogP contribution in [0, 0.1) is 0 Å². The summed E-state index contributed by atoms with van der Waals surface area (Å²) < 4.78 is 5.44. The minimum absolute atomic E-state index is 0.0416. The largest absolute Gasteiger partial charge is 0.379 e. The molecule has 1 fully saturated rings. The molecule has 0 amide bonds. The van der Waals surface area contributed by atoms with Crippen LogP contribution in [0.15, 0.2) is 11.6 Å². The minimum Gasteiger partial charge on any atom is -0.379 e. The summed E-state index contributed by atoms with van der Waals surface area (Å²) in [6, 6.07) is 0.161. The summed E-state index contributed by atoms with van der Waals surface area (Å²) in [5, 5.41) is 0. The Kier molecular flexibility index (Phi) is 4.82. The van der Waals surface area contributed by atoms with Crippen molar-refractivity contribution in [2.75, 3.05) is 26.3 Å². The minimum atomic E-state index is 0.0416. The maximum Gasteiger partial charge on any atom is 0.0594 e. The van der Waals surface area contributed by atoms with Gasteiger partial charge in [-0.05, 0) is 39.5 Å². The molecule has 1 atom stereocenters.